The standard InChI is InChI=1S/C10H17N3O3/c1-7-3-9(16-13-7)6-12-10(14)4-8(5-11)15-2/h3,8H,4-6,11H2,1-2H3,(H,12,14). The Hall–Kier alpha value is -1.40. The summed E-state index contributed by atoms with van der Waals surface area (Å²) in [5.41, 5.74) is 6.20. The summed E-state index contributed by atoms with van der Waals surface area (Å²) >= 11 is 0. The predicted octanol–water partition coefficient (Wildman–Crippen LogP) is -0.0370. The molecule has 0 aliphatic heterocycles. The third-order valence-corrected chi connectivity index (χ3v) is 2.15. The predicted molar refractivity (Wildman–Crippen MR) is 57.6 cm³/mol. The molecule has 1 heterocycles. The van der Waals surface area contributed by atoms with Crippen LogP contribution in [0, 0.1) is 6.92 Å². The molecule has 1 atom stereocenters. The average Bonchev–Trinajstić information content (AvgIpc) is 2.69. The minimum atomic E-state index is -0.239. The first-order valence-electron chi connectivity index (χ1n) is 5.07. The summed E-state index contributed by atoms with van der Waals surface area (Å²) in [4.78, 5) is 11.4. The first-order valence-corrected chi connectivity index (χ1v) is 5.07. The van der Waals surface area contributed by atoms with Crippen LogP contribution >= 0.6 is 0 Å². The van der Waals surface area contributed by atoms with Gasteiger partial charge in [0, 0.05) is 19.7 Å². The summed E-state index contributed by atoms with van der Waals surface area (Å²) in [6.07, 6.45) is 0.0107. The molecule has 3 N–H and O–H groups in total. The SMILES string of the molecule is COC(CN)CC(=O)NCc1cc(C)no1. The molecule has 0 radical (unpaired) electrons. The maximum atomic E-state index is 11.4. The average molecular weight is 227 g/mol. The molecule has 0 bridgehead atoms. The summed E-state index contributed by atoms with van der Waals surface area (Å²) in [6, 6.07) is 1.77. The van der Waals surface area contributed by atoms with Gasteiger partial charge < -0.3 is 20.3 Å². The second-order valence-corrected chi connectivity index (χ2v) is 3.51. The molecular weight excluding hydrogens is 210 g/mol. The van der Waals surface area contributed by atoms with E-state index in [1.54, 1.807) is 6.07 Å². The van der Waals surface area contributed by atoms with E-state index in [0.29, 0.717) is 18.8 Å². The lowest BCUT2D eigenvalue weighted by Gasteiger charge is -2.11. The minimum absolute atomic E-state index is 0.119. The van der Waals surface area contributed by atoms with Crippen LogP contribution in [0.25, 0.3) is 0 Å². The van der Waals surface area contributed by atoms with Crippen molar-refractivity contribution in [1.29, 1.82) is 0 Å². The zero-order chi connectivity index (χ0) is 12.0. The Balaban J connectivity index is 2.30. The zero-order valence-electron chi connectivity index (χ0n) is 9.53. The first kappa shape index (κ1) is 12.7. The van der Waals surface area contributed by atoms with E-state index in [1.807, 2.05) is 6.92 Å². The lowest BCUT2D eigenvalue weighted by molar-refractivity contribution is -0.123. The van der Waals surface area contributed by atoms with Crippen LogP contribution in [-0.4, -0.2) is 30.8 Å². The smallest absolute Gasteiger partial charge is 0.223 e. The molecule has 0 saturated heterocycles. The largest absolute Gasteiger partial charge is 0.380 e. The first-order chi connectivity index (χ1) is 7.65. The van der Waals surface area contributed by atoms with Crippen molar-refractivity contribution in [2.75, 3.05) is 13.7 Å². The number of hydrogen-bond donors (Lipinski definition) is 2. The van der Waals surface area contributed by atoms with Crippen molar-refractivity contribution in [2.24, 2.45) is 5.73 Å². The molecule has 0 aromatic carbocycles. The highest BCUT2D eigenvalue weighted by molar-refractivity contribution is 5.76. The van der Waals surface area contributed by atoms with Crippen LogP contribution in [-0.2, 0) is 16.1 Å². The van der Waals surface area contributed by atoms with Gasteiger partial charge in [-0.1, -0.05) is 5.16 Å². The number of rotatable bonds is 6. The van der Waals surface area contributed by atoms with Gasteiger partial charge in [0.05, 0.1) is 24.8 Å². The number of hydrogen-bond acceptors (Lipinski definition) is 5. The van der Waals surface area contributed by atoms with E-state index in [0.717, 1.165) is 5.69 Å². The number of methoxy groups -OCH3 is 1. The van der Waals surface area contributed by atoms with Crippen LogP contribution in [0.3, 0.4) is 0 Å². The van der Waals surface area contributed by atoms with Gasteiger partial charge in [-0.25, -0.2) is 0 Å². The summed E-state index contributed by atoms with van der Waals surface area (Å²) in [6.45, 7) is 2.48. The number of nitrogens with zero attached hydrogens (tertiary/aromatic N) is 1. The van der Waals surface area contributed by atoms with Gasteiger partial charge in [-0.15, -0.1) is 0 Å². The second kappa shape index (κ2) is 6.24. The molecule has 1 unspecified atom stereocenters. The van der Waals surface area contributed by atoms with E-state index in [4.69, 9.17) is 15.0 Å². The van der Waals surface area contributed by atoms with Gasteiger partial charge in [0.1, 0.15) is 0 Å². The quantitative estimate of drug-likeness (QED) is 0.711. The Morgan fingerprint density at radius 3 is 3.00 bits per heavy atom. The third-order valence-electron chi connectivity index (χ3n) is 2.15. The van der Waals surface area contributed by atoms with Gasteiger partial charge in [-0.2, -0.15) is 0 Å². The van der Waals surface area contributed by atoms with Crippen molar-refractivity contribution < 1.29 is 14.1 Å². The number of nitrogens with two attached hydrogens (primary N) is 1. The number of carbonyl (C=O) groups is 1. The normalized spacial score (nSPS) is 12.4. The molecule has 90 valence electrons. The summed E-state index contributed by atoms with van der Waals surface area (Å²) in [7, 11) is 1.53. The van der Waals surface area contributed by atoms with E-state index in [9.17, 15) is 4.79 Å². The molecule has 6 heteroatoms. The minimum Gasteiger partial charge on any atom is -0.380 e. The van der Waals surface area contributed by atoms with E-state index < -0.39 is 0 Å². The lowest BCUT2D eigenvalue weighted by atomic mass is 10.2. The van der Waals surface area contributed by atoms with E-state index in [-0.39, 0.29) is 18.4 Å². The number of amides is 1. The van der Waals surface area contributed by atoms with Gasteiger partial charge in [-0.3, -0.25) is 4.79 Å². The van der Waals surface area contributed by atoms with Crippen molar-refractivity contribution in [2.45, 2.75) is 26.0 Å². The molecule has 0 spiro atoms. The maximum Gasteiger partial charge on any atom is 0.223 e. The van der Waals surface area contributed by atoms with Crippen LogP contribution in [0.15, 0.2) is 10.6 Å². The lowest BCUT2D eigenvalue weighted by Crippen LogP contribution is -2.31. The molecular formula is C10H17N3O3. The Labute approximate surface area is 94.1 Å². The van der Waals surface area contributed by atoms with E-state index in [2.05, 4.69) is 10.5 Å². The fourth-order valence-electron chi connectivity index (χ4n) is 1.23. The Morgan fingerprint density at radius 2 is 2.50 bits per heavy atom. The number of ether oxygens (including phenoxy) is 1. The van der Waals surface area contributed by atoms with Crippen molar-refractivity contribution in [3.05, 3.63) is 17.5 Å². The summed E-state index contributed by atoms with van der Waals surface area (Å²) in [5.74, 6) is 0.513. The van der Waals surface area contributed by atoms with E-state index in [1.165, 1.54) is 7.11 Å². The maximum absolute atomic E-state index is 11.4. The Bertz CT molecular complexity index is 334. The highest BCUT2D eigenvalue weighted by Crippen LogP contribution is 2.02. The van der Waals surface area contributed by atoms with Gasteiger partial charge in [-0.05, 0) is 6.92 Å². The molecule has 1 aromatic rings. The molecule has 1 amide bonds. The number of nitrogens with one attached hydrogen (secondary N) is 1. The third kappa shape index (κ3) is 4.00. The molecule has 6 nitrogen and oxygen atoms in total. The number of aromatic nitrogens is 1. The molecule has 0 aliphatic rings. The van der Waals surface area contributed by atoms with Crippen LogP contribution < -0.4 is 11.1 Å². The number of carbonyl (C=O) groups excluding carboxylic acids is 1. The highest BCUT2D eigenvalue weighted by atomic mass is 16.5. The number of aryl methyl sites for hydroxylation is 1. The molecule has 0 aliphatic carbocycles. The Kier molecular flexibility index (Phi) is 4.94. The van der Waals surface area contributed by atoms with E-state index >= 15 is 0 Å². The molecule has 0 saturated carbocycles. The van der Waals surface area contributed by atoms with Gasteiger partial charge in [0.15, 0.2) is 5.76 Å². The fourth-order valence-corrected chi connectivity index (χ4v) is 1.23. The molecule has 1 aromatic heterocycles. The second-order valence-electron chi connectivity index (χ2n) is 3.51. The molecule has 0 fully saturated rings. The fraction of sp³-hybridized carbons (Fsp3) is 0.600. The highest BCUT2D eigenvalue weighted by Gasteiger charge is 2.11. The van der Waals surface area contributed by atoms with Crippen LogP contribution in [0.2, 0.25) is 0 Å². The van der Waals surface area contributed by atoms with Crippen LogP contribution in [0.5, 0.6) is 0 Å². The Morgan fingerprint density at radius 1 is 1.75 bits per heavy atom. The molecule has 16 heavy (non-hydrogen) atoms. The molecule has 1 rings (SSSR count). The van der Waals surface area contributed by atoms with Gasteiger partial charge in [0.2, 0.25) is 5.91 Å². The van der Waals surface area contributed by atoms with Crippen molar-refractivity contribution >= 4 is 5.91 Å². The topological polar surface area (TPSA) is 90.4 Å². The van der Waals surface area contributed by atoms with Crippen molar-refractivity contribution in [3.63, 3.8) is 0 Å². The van der Waals surface area contributed by atoms with Gasteiger partial charge in [0.25, 0.3) is 0 Å². The van der Waals surface area contributed by atoms with Gasteiger partial charge >= 0.3 is 0 Å². The summed E-state index contributed by atoms with van der Waals surface area (Å²) < 4.78 is 9.96. The van der Waals surface area contributed by atoms with Crippen molar-refractivity contribution in [3.8, 4) is 0 Å². The van der Waals surface area contributed by atoms with Crippen LogP contribution in [0.1, 0.15) is 17.9 Å². The summed E-state index contributed by atoms with van der Waals surface area (Å²) in [5, 5.41) is 6.42. The zero-order valence-corrected chi connectivity index (χ0v) is 9.53. The monoisotopic (exact) mass is 227 g/mol. The van der Waals surface area contributed by atoms with Crippen molar-refractivity contribution in [1.82, 2.24) is 10.5 Å². The van der Waals surface area contributed by atoms with Crippen LogP contribution in [0.4, 0.5) is 0 Å².